The van der Waals surface area contributed by atoms with Crippen molar-refractivity contribution in [3.05, 3.63) is 61.9 Å². The van der Waals surface area contributed by atoms with E-state index >= 15 is 0 Å². The molecule has 0 bridgehead atoms. The standard InChI is InChI=1S/C14H10ClF2IN2O/c1-7(8-2-3-11(16)12(17)4-8)20-14(21)10-5-9(18)6-19-13(10)15/h2-7H,1H3,(H,20,21)/t7-/m0/s1. The van der Waals surface area contributed by atoms with E-state index < -0.39 is 23.6 Å². The Hall–Kier alpha value is -1.28. The molecule has 21 heavy (non-hydrogen) atoms. The van der Waals surface area contributed by atoms with Crippen LogP contribution in [0.15, 0.2) is 30.5 Å². The van der Waals surface area contributed by atoms with Crippen LogP contribution in [0.25, 0.3) is 0 Å². The SMILES string of the molecule is C[C@H](NC(=O)c1cc(I)cnc1Cl)c1ccc(F)c(F)c1. The number of halogens is 4. The van der Waals surface area contributed by atoms with Gasteiger partial charge in [0, 0.05) is 9.77 Å². The van der Waals surface area contributed by atoms with Crippen LogP contribution in [0.3, 0.4) is 0 Å². The van der Waals surface area contributed by atoms with Crippen molar-refractivity contribution in [2.75, 3.05) is 0 Å². The average Bonchev–Trinajstić information content (AvgIpc) is 2.44. The second-order valence-electron chi connectivity index (χ2n) is 4.36. The fraction of sp³-hybridized carbons (Fsp3) is 0.143. The highest BCUT2D eigenvalue weighted by atomic mass is 127. The first-order valence-electron chi connectivity index (χ1n) is 5.95. The van der Waals surface area contributed by atoms with Crippen LogP contribution in [-0.4, -0.2) is 10.9 Å². The van der Waals surface area contributed by atoms with Gasteiger partial charge in [-0.05, 0) is 53.3 Å². The lowest BCUT2D eigenvalue weighted by Crippen LogP contribution is -2.27. The van der Waals surface area contributed by atoms with Crippen molar-refractivity contribution in [1.29, 1.82) is 0 Å². The topological polar surface area (TPSA) is 42.0 Å². The third-order valence-corrected chi connectivity index (χ3v) is 3.73. The molecule has 0 aliphatic rings. The van der Waals surface area contributed by atoms with Crippen molar-refractivity contribution in [2.45, 2.75) is 13.0 Å². The molecule has 1 aromatic heterocycles. The minimum atomic E-state index is -0.956. The summed E-state index contributed by atoms with van der Waals surface area (Å²) < 4.78 is 26.9. The van der Waals surface area contributed by atoms with Gasteiger partial charge in [0.05, 0.1) is 11.6 Å². The summed E-state index contributed by atoms with van der Waals surface area (Å²) >= 11 is 7.90. The Bertz CT molecular complexity index is 697. The molecule has 2 aromatic rings. The van der Waals surface area contributed by atoms with Crippen LogP contribution in [0.1, 0.15) is 28.9 Å². The summed E-state index contributed by atoms with van der Waals surface area (Å²) in [6.07, 6.45) is 1.54. The zero-order valence-electron chi connectivity index (χ0n) is 10.8. The Morgan fingerprint density at radius 2 is 2.05 bits per heavy atom. The summed E-state index contributed by atoms with van der Waals surface area (Å²) in [5.41, 5.74) is 0.690. The number of carbonyl (C=O) groups excluding carboxylic acids is 1. The van der Waals surface area contributed by atoms with Crippen LogP contribution >= 0.6 is 34.2 Å². The molecule has 0 spiro atoms. The lowest BCUT2D eigenvalue weighted by Gasteiger charge is -2.15. The normalized spacial score (nSPS) is 12.0. The van der Waals surface area contributed by atoms with E-state index in [-0.39, 0.29) is 10.7 Å². The molecule has 2 rings (SSSR count). The van der Waals surface area contributed by atoms with Crippen LogP contribution in [0.4, 0.5) is 8.78 Å². The molecule has 1 amide bonds. The van der Waals surface area contributed by atoms with Gasteiger partial charge in [0.1, 0.15) is 5.15 Å². The number of hydrogen-bond donors (Lipinski definition) is 1. The second-order valence-corrected chi connectivity index (χ2v) is 5.96. The minimum Gasteiger partial charge on any atom is -0.345 e. The largest absolute Gasteiger partial charge is 0.345 e. The van der Waals surface area contributed by atoms with Crippen molar-refractivity contribution in [3.63, 3.8) is 0 Å². The van der Waals surface area contributed by atoms with Gasteiger partial charge in [0.2, 0.25) is 0 Å². The van der Waals surface area contributed by atoms with E-state index in [9.17, 15) is 13.6 Å². The van der Waals surface area contributed by atoms with Gasteiger partial charge in [-0.25, -0.2) is 13.8 Å². The van der Waals surface area contributed by atoms with Crippen LogP contribution in [-0.2, 0) is 0 Å². The number of amides is 1. The molecule has 0 aliphatic carbocycles. The van der Waals surface area contributed by atoms with Crippen LogP contribution in [0, 0.1) is 15.2 Å². The van der Waals surface area contributed by atoms with E-state index in [1.807, 2.05) is 22.6 Å². The first-order valence-corrected chi connectivity index (χ1v) is 7.41. The second kappa shape index (κ2) is 6.65. The molecule has 7 heteroatoms. The van der Waals surface area contributed by atoms with Gasteiger partial charge >= 0.3 is 0 Å². The summed E-state index contributed by atoms with van der Waals surface area (Å²) in [6, 6.07) is 4.59. The third-order valence-electron chi connectivity index (χ3n) is 2.84. The predicted molar refractivity (Wildman–Crippen MR) is 84.2 cm³/mol. The van der Waals surface area contributed by atoms with E-state index in [4.69, 9.17) is 11.6 Å². The fourth-order valence-electron chi connectivity index (χ4n) is 1.72. The average molecular weight is 423 g/mol. The maximum Gasteiger partial charge on any atom is 0.254 e. The smallest absolute Gasteiger partial charge is 0.254 e. The number of benzene rings is 1. The first-order chi connectivity index (χ1) is 9.88. The van der Waals surface area contributed by atoms with Crippen molar-refractivity contribution in [1.82, 2.24) is 10.3 Å². The highest BCUT2D eigenvalue weighted by molar-refractivity contribution is 14.1. The zero-order valence-corrected chi connectivity index (χ0v) is 13.7. The molecular weight excluding hydrogens is 413 g/mol. The lowest BCUT2D eigenvalue weighted by atomic mass is 10.1. The molecule has 1 atom stereocenters. The van der Waals surface area contributed by atoms with Gasteiger partial charge in [-0.2, -0.15) is 0 Å². The third kappa shape index (κ3) is 3.88. The van der Waals surface area contributed by atoms with Crippen molar-refractivity contribution in [3.8, 4) is 0 Å². The maximum atomic E-state index is 13.2. The van der Waals surface area contributed by atoms with Gasteiger partial charge in [0.15, 0.2) is 11.6 Å². The molecule has 0 saturated carbocycles. The highest BCUT2D eigenvalue weighted by Gasteiger charge is 2.16. The Morgan fingerprint density at radius 1 is 1.33 bits per heavy atom. The predicted octanol–water partition coefficient (Wildman–Crippen LogP) is 4.11. The Morgan fingerprint density at radius 3 is 2.71 bits per heavy atom. The highest BCUT2D eigenvalue weighted by Crippen LogP contribution is 2.19. The summed E-state index contributed by atoms with van der Waals surface area (Å²) in [5, 5.41) is 2.76. The van der Waals surface area contributed by atoms with E-state index in [2.05, 4.69) is 10.3 Å². The number of nitrogens with one attached hydrogen (secondary N) is 1. The molecule has 1 heterocycles. The van der Waals surface area contributed by atoms with E-state index in [1.54, 1.807) is 19.2 Å². The maximum absolute atomic E-state index is 13.2. The van der Waals surface area contributed by atoms with Crippen LogP contribution in [0.5, 0.6) is 0 Å². The number of aromatic nitrogens is 1. The minimum absolute atomic E-state index is 0.0883. The molecule has 0 fully saturated rings. The summed E-state index contributed by atoms with van der Waals surface area (Å²) in [4.78, 5) is 16.0. The van der Waals surface area contributed by atoms with Gasteiger partial charge < -0.3 is 5.32 Å². The Kier molecular flexibility index (Phi) is 5.10. The molecule has 3 nitrogen and oxygen atoms in total. The number of rotatable bonds is 3. The fourth-order valence-corrected chi connectivity index (χ4v) is 2.36. The molecule has 0 unspecified atom stereocenters. The molecule has 0 aliphatic heterocycles. The van der Waals surface area contributed by atoms with E-state index in [0.29, 0.717) is 5.56 Å². The monoisotopic (exact) mass is 422 g/mol. The van der Waals surface area contributed by atoms with Gasteiger partial charge in [-0.15, -0.1) is 0 Å². The van der Waals surface area contributed by atoms with Crippen molar-refractivity contribution in [2.24, 2.45) is 0 Å². The summed E-state index contributed by atoms with van der Waals surface area (Å²) in [5.74, 6) is -2.31. The zero-order chi connectivity index (χ0) is 15.6. The molecule has 110 valence electrons. The molecule has 1 N–H and O–H groups in total. The molecule has 0 saturated heterocycles. The van der Waals surface area contributed by atoms with Crippen molar-refractivity contribution < 1.29 is 13.6 Å². The Labute approximate surface area is 138 Å². The number of carbonyl (C=O) groups is 1. The van der Waals surface area contributed by atoms with Crippen molar-refractivity contribution >= 4 is 40.1 Å². The van der Waals surface area contributed by atoms with E-state index in [0.717, 1.165) is 15.7 Å². The number of pyridine rings is 1. The molecule has 1 aromatic carbocycles. The number of nitrogens with zero attached hydrogens (tertiary/aromatic N) is 1. The van der Waals surface area contributed by atoms with E-state index in [1.165, 1.54) is 6.07 Å². The van der Waals surface area contributed by atoms with Gasteiger partial charge in [-0.3, -0.25) is 4.79 Å². The quantitative estimate of drug-likeness (QED) is 0.597. The molecule has 0 radical (unpaired) electrons. The van der Waals surface area contributed by atoms with Crippen LogP contribution < -0.4 is 5.32 Å². The molecular formula is C14H10ClF2IN2O. The van der Waals surface area contributed by atoms with Gasteiger partial charge in [0.25, 0.3) is 5.91 Å². The van der Waals surface area contributed by atoms with Crippen LogP contribution in [0.2, 0.25) is 5.15 Å². The Balaban J connectivity index is 2.18. The lowest BCUT2D eigenvalue weighted by molar-refractivity contribution is 0.0939. The van der Waals surface area contributed by atoms with Gasteiger partial charge in [-0.1, -0.05) is 17.7 Å². The number of hydrogen-bond acceptors (Lipinski definition) is 2. The summed E-state index contributed by atoms with van der Waals surface area (Å²) in [7, 11) is 0. The summed E-state index contributed by atoms with van der Waals surface area (Å²) in [6.45, 7) is 1.67. The first kappa shape index (κ1) is 16.1.